The predicted octanol–water partition coefficient (Wildman–Crippen LogP) is 4.38. The highest BCUT2D eigenvalue weighted by molar-refractivity contribution is 7.99. The summed E-state index contributed by atoms with van der Waals surface area (Å²) in [6, 6.07) is 17.7. The fourth-order valence-corrected chi connectivity index (χ4v) is 6.66. The molecule has 41 heavy (non-hydrogen) atoms. The number of carbonyl (C=O) groups is 2. The molecule has 2 aromatic carbocycles. The number of hydrogen-bond acceptors (Lipinski definition) is 11. The van der Waals surface area contributed by atoms with E-state index in [0.717, 1.165) is 21.5 Å². The summed E-state index contributed by atoms with van der Waals surface area (Å²) in [5.74, 6) is 0.536. The van der Waals surface area contributed by atoms with Gasteiger partial charge in [-0.3, -0.25) is 20.2 Å². The van der Waals surface area contributed by atoms with E-state index in [1.54, 1.807) is 74.1 Å². The quantitative estimate of drug-likeness (QED) is 0.152. The fourth-order valence-electron chi connectivity index (χ4n) is 4.05. The minimum Gasteiger partial charge on any atom is -0.375 e. The Kier molecular flexibility index (Phi) is 10.6. The van der Waals surface area contributed by atoms with Crippen LogP contribution >= 0.6 is 34.4 Å². The molecule has 4 aromatic rings. The first-order chi connectivity index (χ1) is 19.8. The smallest absolute Gasteiger partial charge is 0.262 e. The molecule has 0 fully saturated rings. The van der Waals surface area contributed by atoms with Gasteiger partial charge < -0.3 is 10.2 Å². The van der Waals surface area contributed by atoms with Crippen LogP contribution in [0.25, 0.3) is 0 Å². The van der Waals surface area contributed by atoms with Gasteiger partial charge >= 0.3 is 0 Å². The van der Waals surface area contributed by atoms with Gasteiger partial charge in [-0.1, -0.05) is 97.2 Å². The zero-order valence-electron chi connectivity index (χ0n) is 22.7. The average molecular weight is 613 g/mol. The van der Waals surface area contributed by atoms with Crippen LogP contribution in [0, 0.1) is 0 Å². The van der Waals surface area contributed by atoms with Crippen LogP contribution in [0.4, 0.5) is 10.3 Å². The number of thioether (sulfide) groups is 1. The topological polar surface area (TPSA) is 150 Å². The van der Waals surface area contributed by atoms with E-state index in [2.05, 4.69) is 31.0 Å². The number of nitrogens with one attached hydrogen (secondary N) is 2. The van der Waals surface area contributed by atoms with Crippen molar-refractivity contribution in [1.82, 2.24) is 20.4 Å². The molecule has 0 saturated heterocycles. The van der Waals surface area contributed by atoms with Gasteiger partial charge in [0.2, 0.25) is 10.3 Å². The SMILES string of the molecule is CCC(O)(C(=O)Nc1nnc(CCSCCc2nnc(NC(=O)[C@](O)(CC)c3ccccc3)s2)s1)c1ccccc1. The maximum Gasteiger partial charge on any atom is 0.262 e. The van der Waals surface area contributed by atoms with Gasteiger partial charge in [-0.05, 0) is 35.5 Å². The number of benzene rings is 2. The second kappa shape index (κ2) is 14.1. The molecule has 0 spiro atoms. The summed E-state index contributed by atoms with van der Waals surface area (Å²) in [6.07, 6.45) is 1.81. The number of aryl methyl sites for hydroxylation is 2. The highest BCUT2D eigenvalue weighted by Crippen LogP contribution is 2.29. The summed E-state index contributed by atoms with van der Waals surface area (Å²) in [4.78, 5) is 25.7. The summed E-state index contributed by atoms with van der Waals surface area (Å²) < 4.78 is 0. The monoisotopic (exact) mass is 612 g/mol. The maximum absolute atomic E-state index is 12.8. The van der Waals surface area contributed by atoms with Crippen molar-refractivity contribution in [3.63, 3.8) is 0 Å². The van der Waals surface area contributed by atoms with Crippen molar-refractivity contribution in [2.24, 2.45) is 0 Å². The molecule has 4 N–H and O–H groups in total. The Hall–Kier alpha value is -3.23. The van der Waals surface area contributed by atoms with Crippen LogP contribution in [0.2, 0.25) is 0 Å². The number of amides is 2. The molecule has 2 heterocycles. The number of carbonyl (C=O) groups excluding carboxylic acids is 2. The summed E-state index contributed by atoms with van der Waals surface area (Å²) in [6.45, 7) is 3.51. The molecule has 2 atom stereocenters. The minimum atomic E-state index is -1.64. The van der Waals surface area contributed by atoms with Crippen LogP contribution in [0.1, 0.15) is 47.8 Å². The largest absolute Gasteiger partial charge is 0.375 e. The zero-order valence-corrected chi connectivity index (χ0v) is 25.2. The van der Waals surface area contributed by atoms with Gasteiger partial charge in [-0.2, -0.15) is 11.8 Å². The lowest BCUT2D eigenvalue weighted by molar-refractivity contribution is -0.135. The Bertz CT molecular complexity index is 1330. The Labute approximate surface area is 250 Å². The molecule has 13 heteroatoms. The Morgan fingerprint density at radius 3 is 1.46 bits per heavy atom. The molecule has 0 aliphatic rings. The van der Waals surface area contributed by atoms with Crippen LogP contribution < -0.4 is 10.6 Å². The molecule has 0 radical (unpaired) electrons. The van der Waals surface area contributed by atoms with Crippen LogP contribution in [-0.2, 0) is 33.6 Å². The van der Waals surface area contributed by atoms with E-state index >= 15 is 0 Å². The van der Waals surface area contributed by atoms with E-state index < -0.39 is 23.0 Å². The number of aromatic nitrogens is 4. The number of aliphatic hydroxyl groups is 2. The number of hydrogen-bond donors (Lipinski definition) is 4. The summed E-state index contributed by atoms with van der Waals surface area (Å²) in [5, 5.41) is 46.1. The molecule has 2 aromatic heterocycles. The first-order valence-corrected chi connectivity index (χ1v) is 16.0. The molecular weight excluding hydrogens is 581 g/mol. The molecule has 0 bridgehead atoms. The van der Waals surface area contributed by atoms with Crippen molar-refractivity contribution >= 4 is 56.5 Å². The average Bonchev–Trinajstić information content (AvgIpc) is 3.65. The van der Waals surface area contributed by atoms with Crippen molar-refractivity contribution in [1.29, 1.82) is 0 Å². The standard InChI is InChI=1S/C28H32N6O4S3/c1-3-27(37,19-11-7-5-8-12-19)23(35)29-25-33-31-21(40-25)15-17-39-18-16-22-32-34-26(41-22)30-24(36)28(38,4-2)20-13-9-6-10-14-20/h5-14,37-38H,3-4,15-18H2,1-2H3,(H,29,33,35)(H,30,34,36)/t27-,28?/m0/s1. The molecule has 0 aliphatic carbocycles. The highest BCUT2D eigenvalue weighted by atomic mass is 32.2. The lowest BCUT2D eigenvalue weighted by Crippen LogP contribution is -2.39. The van der Waals surface area contributed by atoms with Crippen molar-refractivity contribution in [2.45, 2.75) is 50.7 Å². The van der Waals surface area contributed by atoms with E-state index in [0.29, 0.717) is 34.2 Å². The maximum atomic E-state index is 12.8. The molecule has 10 nitrogen and oxygen atoms in total. The molecular formula is C28H32N6O4S3. The number of nitrogens with zero attached hydrogens (tertiary/aromatic N) is 4. The normalized spacial score (nSPS) is 14.1. The van der Waals surface area contributed by atoms with E-state index in [9.17, 15) is 19.8 Å². The van der Waals surface area contributed by atoms with Gasteiger partial charge in [-0.15, -0.1) is 20.4 Å². The summed E-state index contributed by atoms with van der Waals surface area (Å²) in [5.41, 5.74) is -2.23. The van der Waals surface area contributed by atoms with Gasteiger partial charge in [0.1, 0.15) is 10.0 Å². The van der Waals surface area contributed by atoms with Gasteiger partial charge in [0, 0.05) is 12.8 Å². The lowest BCUT2D eigenvalue weighted by Gasteiger charge is -2.25. The first-order valence-electron chi connectivity index (χ1n) is 13.2. The van der Waals surface area contributed by atoms with Crippen LogP contribution in [0.15, 0.2) is 60.7 Å². The fraction of sp³-hybridized carbons (Fsp3) is 0.357. The van der Waals surface area contributed by atoms with Crippen molar-refractivity contribution in [3.05, 3.63) is 81.8 Å². The first kappa shape index (κ1) is 30.7. The molecule has 216 valence electrons. The number of rotatable bonds is 14. The third-order valence-electron chi connectivity index (χ3n) is 6.57. The van der Waals surface area contributed by atoms with Gasteiger partial charge in [0.15, 0.2) is 11.2 Å². The lowest BCUT2D eigenvalue weighted by atomic mass is 9.90. The van der Waals surface area contributed by atoms with Crippen LogP contribution in [0.3, 0.4) is 0 Å². The van der Waals surface area contributed by atoms with E-state index in [1.165, 1.54) is 22.7 Å². The molecule has 4 rings (SSSR count). The molecule has 1 unspecified atom stereocenters. The molecule has 0 saturated carbocycles. The van der Waals surface area contributed by atoms with Gasteiger partial charge in [0.25, 0.3) is 11.8 Å². The molecule has 2 amide bonds. The van der Waals surface area contributed by atoms with Crippen molar-refractivity contribution < 1.29 is 19.8 Å². The zero-order chi connectivity index (χ0) is 29.3. The van der Waals surface area contributed by atoms with Crippen LogP contribution in [-0.4, -0.2) is 53.9 Å². The minimum absolute atomic E-state index is 0.224. The van der Waals surface area contributed by atoms with Crippen LogP contribution in [0.5, 0.6) is 0 Å². The van der Waals surface area contributed by atoms with E-state index in [1.807, 2.05) is 12.1 Å². The van der Waals surface area contributed by atoms with Crippen molar-refractivity contribution in [3.8, 4) is 0 Å². The summed E-state index contributed by atoms with van der Waals surface area (Å²) in [7, 11) is 0. The summed E-state index contributed by atoms with van der Waals surface area (Å²) >= 11 is 4.30. The Balaban J connectivity index is 1.20. The van der Waals surface area contributed by atoms with Gasteiger partial charge in [-0.25, -0.2) is 0 Å². The predicted molar refractivity (Wildman–Crippen MR) is 163 cm³/mol. The third-order valence-corrected chi connectivity index (χ3v) is 9.35. The van der Waals surface area contributed by atoms with E-state index in [4.69, 9.17) is 0 Å². The molecule has 0 aliphatic heterocycles. The van der Waals surface area contributed by atoms with Crippen molar-refractivity contribution in [2.75, 3.05) is 22.1 Å². The Morgan fingerprint density at radius 1 is 0.707 bits per heavy atom. The highest BCUT2D eigenvalue weighted by Gasteiger charge is 2.37. The second-order valence-electron chi connectivity index (χ2n) is 9.18. The Morgan fingerprint density at radius 2 is 1.10 bits per heavy atom. The second-order valence-corrected chi connectivity index (χ2v) is 12.5. The van der Waals surface area contributed by atoms with Gasteiger partial charge in [0.05, 0.1) is 0 Å². The number of anilines is 2. The third kappa shape index (κ3) is 7.54. The van der Waals surface area contributed by atoms with E-state index in [-0.39, 0.29) is 12.8 Å².